The lowest BCUT2D eigenvalue weighted by Crippen LogP contribution is -1.92. The van der Waals surface area contributed by atoms with Crippen molar-refractivity contribution < 1.29 is 9.47 Å². The lowest BCUT2D eigenvalue weighted by molar-refractivity contribution is 0.174. The van der Waals surface area contributed by atoms with E-state index in [1.165, 1.54) is 0 Å². The maximum Gasteiger partial charge on any atom is 0.231 e. The Labute approximate surface area is 94.2 Å². The predicted molar refractivity (Wildman–Crippen MR) is 60.6 cm³/mol. The number of hydrogen-bond donors (Lipinski definition) is 0. The van der Waals surface area contributed by atoms with Crippen LogP contribution in [0.2, 0.25) is 0 Å². The van der Waals surface area contributed by atoms with E-state index in [0.717, 1.165) is 26.0 Å². The van der Waals surface area contributed by atoms with Gasteiger partial charge in [-0.3, -0.25) is 4.98 Å². The van der Waals surface area contributed by atoms with Gasteiger partial charge in [-0.15, -0.1) is 0 Å². The van der Waals surface area contributed by atoms with E-state index < -0.39 is 0 Å². The molecule has 0 amide bonds. The second-order valence-corrected chi connectivity index (χ2v) is 4.30. The Balaban J connectivity index is 2.33. The second kappa shape index (κ2) is 2.98. The molecule has 1 aliphatic rings. The molecule has 3 nitrogen and oxygen atoms in total. The molecule has 0 N–H and O–H groups in total. The summed E-state index contributed by atoms with van der Waals surface area (Å²) in [6, 6.07) is 5.95. The van der Waals surface area contributed by atoms with Gasteiger partial charge in [-0.25, -0.2) is 0 Å². The van der Waals surface area contributed by atoms with Crippen LogP contribution in [0, 0.1) is 3.57 Å². The topological polar surface area (TPSA) is 31.4 Å². The first-order valence-corrected chi connectivity index (χ1v) is 5.26. The summed E-state index contributed by atoms with van der Waals surface area (Å²) >= 11 is 2.24. The standard InChI is InChI=1S/C10H6INO2/c11-7-1-6-2-9-10(14-5-13-9)3-8(6)12-4-7/h1-4H,5H2. The average Bonchev–Trinajstić information content (AvgIpc) is 2.61. The van der Waals surface area contributed by atoms with Crippen LogP contribution < -0.4 is 9.47 Å². The summed E-state index contributed by atoms with van der Waals surface area (Å²) < 4.78 is 11.7. The zero-order chi connectivity index (χ0) is 9.54. The fourth-order valence-electron chi connectivity index (χ4n) is 1.49. The normalized spacial score (nSPS) is 13.5. The molecule has 0 radical (unpaired) electrons. The summed E-state index contributed by atoms with van der Waals surface area (Å²) in [6.45, 7) is 0.308. The van der Waals surface area contributed by atoms with Crippen molar-refractivity contribution in [1.82, 2.24) is 4.98 Å². The van der Waals surface area contributed by atoms with Gasteiger partial charge in [0.25, 0.3) is 0 Å². The third kappa shape index (κ3) is 1.21. The molecule has 0 atom stereocenters. The Hall–Kier alpha value is -1.04. The molecule has 1 aromatic heterocycles. The molecule has 14 heavy (non-hydrogen) atoms. The van der Waals surface area contributed by atoms with Gasteiger partial charge in [-0.2, -0.15) is 0 Å². The van der Waals surface area contributed by atoms with E-state index in [9.17, 15) is 0 Å². The zero-order valence-electron chi connectivity index (χ0n) is 7.16. The van der Waals surface area contributed by atoms with Gasteiger partial charge in [0.15, 0.2) is 11.5 Å². The van der Waals surface area contributed by atoms with Crippen LogP contribution in [0.25, 0.3) is 10.9 Å². The van der Waals surface area contributed by atoms with E-state index in [2.05, 4.69) is 33.6 Å². The van der Waals surface area contributed by atoms with E-state index in [-0.39, 0.29) is 0 Å². The van der Waals surface area contributed by atoms with E-state index >= 15 is 0 Å². The Morgan fingerprint density at radius 1 is 1.14 bits per heavy atom. The van der Waals surface area contributed by atoms with Crippen LogP contribution in [-0.2, 0) is 0 Å². The van der Waals surface area contributed by atoms with Gasteiger partial charge in [-0.1, -0.05) is 0 Å². The van der Waals surface area contributed by atoms with Gasteiger partial charge >= 0.3 is 0 Å². The first-order chi connectivity index (χ1) is 6.83. The molecule has 2 heterocycles. The highest BCUT2D eigenvalue weighted by Gasteiger charge is 2.14. The molecule has 0 spiro atoms. The number of rotatable bonds is 0. The molecule has 3 rings (SSSR count). The smallest absolute Gasteiger partial charge is 0.231 e. The summed E-state index contributed by atoms with van der Waals surface area (Å²) in [7, 11) is 0. The van der Waals surface area contributed by atoms with Crippen molar-refractivity contribution in [2.45, 2.75) is 0 Å². The van der Waals surface area contributed by atoms with Crippen molar-refractivity contribution in [2.24, 2.45) is 0 Å². The van der Waals surface area contributed by atoms with Crippen LogP contribution in [0.15, 0.2) is 24.4 Å². The average molecular weight is 299 g/mol. The number of hydrogen-bond acceptors (Lipinski definition) is 3. The fourth-order valence-corrected chi connectivity index (χ4v) is 1.97. The van der Waals surface area contributed by atoms with E-state index in [1.54, 1.807) is 0 Å². The van der Waals surface area contributed by atoms with Crippen LogP contribution in [0.1, 0.15) is 0 Å². The number of halogens is 1. The summed E-state index contributed by atoms with van der Waals surface area (Å²) in [5, 5.41) is 1.08. The number of nitrogens with zero attached hydrogens (tertiary/aromatic N) is 1. The number of benzene rings is 1. The first kappa shape index (κ1) is 8.28. The molecule has 70 valence electrons. The number of fused-ring (bicyclic) bond motifs is 2. The molecular formula is C10H6INO2. The Bertz CT molecular complexity index is 513. The Kier molecular flexibility index (Phi) is 1.76. The van der Waals surface area contributed by atoms with Crippen molar-refractivity contribution >= 4 is 33.5 Å². The van der Waals surface area contributed by atoms with Gasteiger partial charge in [0.05, 0.1) is 5.52 Å². The minimum Gasteiger partial charge on any atom is -0.454 e. The maximum absolute atomic E-state index is 5.29. The molecule has 0 aliphatic carbocycles. The van der Waals surface area contributed by atoms with Gasteiger partial charge in [0.1, 0.15) is 0 Å². The van der Waals surface area contributed by atoms with Gasteiger partial charge in [0, 0.05) is 21.2 Å². The van der Waals surface area contributed by atoms with Gasteiger partial charge in [0.2, 0.25) is 6.79 Å². The molecule has 0 unspecified atom stereocenters. The van der Waals surface area contributed by atoms with E-state index in [1.807, 2.05) is 18.3 Å². The third-order valence-electron chi connectivity index (χ3n) is 2.14. The summed E-state index contributed by atoms with van der Waals surface area (Å²) in [6.07, 6.45) is 1.84. The molecular weight excluding hydrogens is 293 g/mol. The van der Waals surface area contributed by atoms with Crippen LogP contribution in [0.5, 0.6) is 11.5 Å². The Morgan fingerprint density at radius 3 is 2.79 bits per heavy atom. The first-order valence-electron chi connectivity index (χ1n) is 4.18. The van der Waals surface area contributed by atoms with Crippen molar-refractivity contribution in [3.8, 4) is 11.5 Å². The summed E-state index contributed by atoms with van der Waals surface area (Å²) in [4.78, 5) is 4.32. The number of aromatic nitrogens is 1. The van der Waals surface area contributed by atoms with Crippen molar-refractivity contribution in [2.75, 3.05) is 6.79 Å². The van der Waals surface area contributed by atoms with Crippen molar-refractivity contribution in [3.05, 3.63) is 28.0 Å². The molecule has 0 bridgehead atoms. The molecule has 0 saturated heterocycles. The predicted octanol–water partition coefficient (Wildman–Crippen LogP) is 2.57. The van der Waals surface area contributed by atoms with Crippen LogP contribution >= 0.6 is 22.6 Å². The molecule has 1 aliphatic heterocycles. The molecule has 1 aromatic carbocycles. The highest BCUT2D eigenvalue weighted by molar-refractivity contribution is 14.1. The lowest BCUT2D eigenvalue weighted by atomic mass is 10.2. The minimum atomic E-state index is 0.308. The van der Waals surface area contributed by atoms with Crippen molar-refractivity contribution in [1.29, 1.82) is 0 Å². The van der Waals surface area contributed by atoms with E-state index in [0.29, 0.717) is 6.79 Å². The molecule has 4 heteroatoms. The maximum atomic E-state index is 5.29. The fraction of sp³-hybridized carbons (Fsp3) is 0.100. The largest absolute Gasteiger partial charge is 0.454 e. The lowest BCUT2D eigenvalue weighted by Gasteiger charge is -2.00. The zero-order valence-corrected chi connectivity index (χ0v) is 9.32. The molecule has 0 fully saturated rings. The molecule has 0 saturated carbocycles. The monoisotopic (exact) mass is 299 g/mol. The highest BCUT2D eigenvalue weighted by Crippen LogP contribution is 2.35. The van der Waals surface area contributed by atoms with Crippen LogP contribution in [-0.4, -0.2) is 11.8 Å². The van der Waals surface area contributed by atoms with Crippen LogP contribution in [0.3, 0.4) is 0 Å². The Morgan fingerprint density at radius 2 is 1.93 bits per heavy atom. The number of pyridine rings is 1. The third-order valence-corrected chi connectivity index (χ3v) is 2.73. The van der Waals surface area contributed by atoms with E-state index in [4.69, 9.17) is 9.47 Å². The highest BCUT2D eigenvalue weighted by atomic mass is 127. The summed E-state index contributed by atoms with van der Waals surface area (Å²) in [5.74, 6) is 1.59. The van der Waals surface area contributed by atoms with Crippen molar-refractivity contribution in [3.63, 3.8) is 0 Å². The van der Waals surface area contributed by atoms with Gasteiger partial charge < -0.3 is 9.47 Å². The van der Waals surface area contributed by atoms with Crippen LogP contribution in [0.4, 0.5) is 0 Å². The summed E-state index contributed by atoms with van der Waals surface area (Å²) in [5.41, 5.74) is 0.940. The minimum absolute atomic E-state index is 0.308. The SMILES string of the molecule is Ic1cnc2cc3c(cc2c1)OCO3. The second-order valence-electron chi connectivity index (χ2n) is 3.05. The van der Waals surface area contributed by atoms with Gasteiger partial charge in [-0.05, 0) is 34.7 Å². The molecule has 2 aromatic rings. The number of ether oxygens (including phenoxy) is 2. The quantitative estimate of drug-likeness (QED) is 0.701.